The maximum Gasteiger partial charge on any atom is 0.131 e. The van der Waals surface area contributed by atoms with Crippen LogP contribution in [-0.2, 0) is 6.54 Å². The molecule has 2 aromatic rings. The number of aromatic hydroxyl groups is 1. The van der Waals surface area contributed by atoms with Crippen molar-refractivity contribution in [3.63, 3.8) is 0 Å². The van der Waals surface area contributed by atoms with E-state index in [-0.39, 0.29) is 5.75 Å². The maximum atomic E-state index is 9.60. The second-order valence-corrected chi connectivity index (χ2v) is 3.96. The van der Waals surface area contributed by atoms with Crippen molar-refractivity contribution in [2.24, 2.45) is 0 Å². The van der Waals surface area contributed by atoms with Crippen molar-refractivity contribution in [1.82, 2.24) is 4.98 Å². The van der Waals surface area contributed by atoms with Gasteiger partial charge in [-0.2, -0.15) is 0 Å². The smallest absolute Gasteiger partial charge is 0.131 e. The van der Waals surface area contributed by atoms with E-state index in [0.29, 0.717) is 23.1 Å². The summed E-state index contributed by atoms with van der Waals surface area (Å²) in [4.78, 5) is 3.86. The molecule has 0 aliphatic carbocycles. The van der Waals surface area contributed by atoms with Gasteiger partial charge in [0.1, 0.15) is 10.9 Å². The van der Waals surface area contributed by atoms with Crippen LogP contribution in [0.25, 0.3) is 0 Å². The fourth-order valence-corrected chi connectivity index (χ4v) is 1.60. The molecule has 4 N–H and O–H groups in total. The molecule has 1 heterocycles. The number of phenolic OH excluding ortho intramolecular Hbond substituents is 1. The van der Waals surface area contributed by atoms with E-state index in [2.05, 4.69) is 10.3 Å². The minimum atomic E-state index is 0.249. The molecule has 1 aromatic carbocycles. The number of benzene rings is 1. The standard InChI is InChI=1S/C12H12ClN3O/c13-12-5-10(9(14)7-16-12)15-6-8-3-1-2-4-11(8)17/h1-5,7,17H,6,14H2,(H,15,16). The normalized spacial score (nSPS) is 10.2. The van der Waals surface area contributed by atoms with Gasteiger partial charge in [0, 0.05) is 18.2 Å². The van der Waals surface area contributed by atoms with Crippen LogP contribution in [0.5, 0.6) is 5.75 Å². The first kappa shape index (κ1) is 11.5. The molecule has 0 spiro atoms. The first-order chi connectivity index (χ1) is 8.16. The minimum absolute atomic E-state index is 0.249. The van der Waals surface area contributed by atoms with E-state index in [0.717, 1.165) is 5.56 Å². The third kappa shape index (κ3) is 2.79. The van der Waals surface area contributed by atoms with E-state index in [1.807, 2.05) is 12.1 Å². The molecule has 0 fully saturated rings. The Morgan fingerprint density at radius 3 is 2.88 bits per heavy atom. The number of aromatic nitrogens is 1. The largest absolute Gasteiger partial charge is 0.508 e. The van der Waals surface area contributed by atoms with Crippen LogP contribution in [0.3, 0.4) is 0 Å². The highest BCUT2D eigenvalue weighted by molar-refractivity contribution is 6.29. The number of para-hydroxylation sites is 1. The van der Waals surface area contributed by atoms with Gasteiger partial charge in [0.15, 0.2) is 0 Å². The van der Waals surface area contributed by atoms with Gasteiger partial charge in [-0.3, -0.25) is 0 Å². The summed E-state index contributed by atoms with van der Waals surface area (Å²) in [7, 11) is 0. The van der Waals surface area contributed by atoms with Gasteiger partial charge in [-0.15, -0.1) is 0 Å². The van der Waals surface area contributed by atoms with Crippen molar-refractivity contribution in [3.8, 4) is 5.75 Å². The molecule has 0 saturated carbocycles. The second-order valence-electron chi connectivity index (χ2n) is 3.58. The zero-order valence-electron chi connectivity index (χ0n) is 9.02. The van der Waals surface area contributed by atoms with Gasteiger partial charge < -0.3 is 16.2 Å². The number of anilines is 2. The highest BCUT2D eigenvalue weighted by Gasteiger charge is 2.03. The van der Waals surface area contributed by atoms with Crippen LogP contribution in [0.1, 0.15) is 5.56 Å². The Balaban J connectivity index is 2.12. The van der Waals surface area contributed by atoms with Gasteiger partial charge in [-0.05, 0) is 6.07 Å². The first-order valence-corrected chi connectivity index (χ1v) is 5.46. The summed E-state index contributed by atoms with van der Waals surface area (Å²) in [5, 5.41) is 13.1. The van der Waals surface area contributed by atoms with Crippen LogP contribution < -0.4 is 11.1 Å². The molecule has 2 rings (SSSR count). The van der Waals surface area contributed by atoms with E-state index >= 15 is 0 Å². The van der Waals surface area contributed by atoms with Gasteiger partial charge >= 0.3 is 0 Å². The number of nitrogens with one attached hydrogen (secondary N) is 1. The molecule has 0 saturated heterocycles. The molecular weight excluding hydrogens is 238 g/mol. The zero-order valence-corrected chi connectivity index (χ0v) is 9.78. The van der Waals surface area contributed by atoms with Crippen molar-refractivity contribution in [2.45, 2.75) is 6.54 Å². The SMILES string of the molecule is Nc1cnc(Cl)cc1NCc1ccccc1O. The highest BCUT2D eigenvalue weighted by Crippen LogP contribution is 2.23. The van der Waals surface area contributed by atoms with Gasteiger partial charge in [0.05, 0.1) is 17.6 Å². The van der Waals surface area contributed by atoms with Crippen LogP contribution in [0.2, 0.25) is 5.15 Å². The van der Waals surface area contributed by atoms with Crippen LogP contribution >= 0.6 is 11.6 Å². The number of phenols is 1. The van der Waals surface area contributed by atoms with Crippen molar-refractivity contribution in [2.75, 3.05) is 11.1 Å². The van der Waals surface area contributed by atoms with Crippen LogP contribution in [-0.4, -0.2) is 10.1 Å². The van der Waals surface area contributed by atoms with Crippen molar-refractivity contribution >= 4 is 23.0 Å². The Labute approximate surface area is 104 Å². The predicted octanol–water partition coefficient (Wildman–Crippen LogP) is 2.63. The molecule has 0 radical (unpaired) electrons. The van der Waals surface area contributed by atoms with Crippen LogP contribution in [0.4, 0.5) is 11.4 Å². The highest BCUT2D eigenvalue weighted by atomic mass is 35.5. The lowest BCUT2D eigenvalue weighted by Gasteiger charge is -2.10. The molecule has 0 aliphatic rings. The Morgan fingerprint density at radius 1 is 1.35 bits per heavy atom. The Bertz CT molecular complexity index is 531. The second kappa shape index (κ2) is 4.93. The number of halogens is 1. The molecule has 1 aromatic heterocycles. The average molecular weight is 250 g/mol. The predicted molar refractivity (Wildman–Crippen MR) is 69.1 cm³/mol. The van der Waals surface area contributed by atoms with Gasteiger partial charge in [0.2, 0.25) is 0 Å². The number of nitrogens with zero attached hydrogens (tertiary/aromatic N) is 1. The zero-order chi connectivity index (χ0) is 12.3. The summed E-state index contributed by atoms with van der Waals surface area (Å²) in [5.41, 5.74) is 7.76. The molecule has 5 heteroatoms. The molecule has 88 valence electrons. The summed E-state index contributed by atoms with van der Waals surface area (Å²) < 4.78 is 0. The fourth-order valence-electron chi connectivity index (χ4n) is 1.44. The van der Waals surface area contributed by atoms with E-state index in [4.69, 9.17) is 17.3 Å². The summed E-state index contributed by atoms with van der Waals surface area (Å²) in [6.07, 6.45) is 1.50. The lowest BCUT2D eigenvalue weighted by Crippen LogP contribution is -2.03. The van der Waals surface area contributed by atoms with Crippen LogP contribution in [0, 0.1) is 0 Å². The van der Waals surface area contributed by atoms with Crippen LogP contribution in [0.15, 0.2) is 36.5 Å². The summed E-state index contributed by atoms with van der Waals surface area (Å²) in [6.45, 7) is 0.469. The molecular formula is C12H12ClN3O. The van der Waals surface area contributed by atoms with E-state index < -0.39 is 0 Å². The number of pyridine rings is 1. The maximum absolute atomic E-state index is 9.60. The molecule has 0 aliphatic heterocycles. The molecule has 0 amide bonds. The summed E-state index contributed by atoms with van der Waals surface area (Å²) in [6, 6.07) is 8.76. The summed E-state index contributed by atoms with van der Waals surface area (Å²) >= 11 is 5.77. The molecule has 0 unspecified atom stereocenters. The Kier molecular flexibility index (Phi) is 3.35. The monoisotopic (exact) mass is 249 g/mol. The molecule has 17 heavy (non-hydrogen) atoms. The van der Waals surface area contributed by atoms with E-state index in [1.54, 1.807) is 18.2 Å². The lowest BCUT2D eigenvalue weighted by molar-refractivity contribution is 0.469. The number of nitrogens with two attached hydrogens (primary N) is 1. The van der Waals surface area contributed by atoms with E-state index in [1.165, 1.54) is 6.20 Å². The van der Waals surface area contributed by atoms with Crippen molar-refractivity contribution in [1.29, 1.82) is 0 Å². The number of rotatable bonds is 3. The topological polar surface area (TPSA) is 71.2 Å². The third-order valence-electron chi connectivity index (χ3n) is 2.36. The van der Waals surface area contributed by atoms with Gasteiger partial charge in [-0.25, -0.2) is 4.98 Å². The summed E-state index contributed by atoms with van der Waals surface area (Å²) in [5.74, 6) is 0.249. The van der Waals surface area contributed by atoms with Crippen molar-refractivity contribution < 1.29 is 5.11 Å². The van der Waals surface area contributed by atoms with E-state index in [9.17, 15) is 5.11 Å². The molecule has 4 nitrogen and oxygen atoms in total. The quantitative estimate of drug-likeness (QED) is 0.732. The molecule has 0 bridgehead atoms. The number of hydrogen-bond donors (Lipinski definition) is 3. The number of nitrogen functional groups attached to an aromatic ring is 1. The molecule has 0 atom stereocenters. The van der Waals surface area contributed by atoms with Gasteiger partial charge in [-0.1, -0.05) is 29.8 Å². The lowest BCUT2D eigenvalue weighted by atomic mass is 10.2. The average Bonchev–Trinajstić information content (AvgIpc) is 2.32. The first-order valence-electron chi connectivity index (χ1n) is 5.08. The minimum Gasteiger partial charge on any atom is -0.508 e. The third-order valence-corrected chi connectivity index (χ3v) is 2.57. The number of hydrogen-bond acceptors (Lipinski definition) is 4. The Hall–Kier alpha value is -1.94. The van der Waals surface area contributed by atoms with Crippen molar-refractivity contribution in [3.05, 3.63) is 47.2 Å². The fraction of sp³-hybridized carbons (Fsp3) is 0.0833. The van der Waals surface area contributed by atoms with Gasteiger partial charge in [0.25, 0.3) is 0 Å². The Morgan fingerprint density at radius 2 is 2.12 bits per heavy atom.